The lowest BCUT2D eigenvalue weighted by Crippen LogP contribution is -2.71. The first-order valence-electron chi connectivity index (χ1n) is 37.7. The molecule has 0 heterocycles. The van der Waals surface area contributed by atoms with Crippen molar-refractivity contribution in [3.8, 4) is 23.0 Å². The zero-order valence-electron chi connectivity index (χ0n) is 61.8. The van der Waals surface area contributed by atoms with Crippen LogP contribution in [0.1, 0.15) is 40.5 Å². The Morgan fingerprint density at radius 1 is 0.165 bits per heavy atom. The minimum absolute atomic E-state index is 0.377. The van der Waals surface area contributed by atoms with Gasteiger partial charge in [0.15, 0.2) is 0 Å². The van der Waals surface area contributed by atoms with Crippen LogP contribution in [0.15, 0.2) is 448 Å². The van der Waals surface area contributed by atoms with Crippen molar-refractivity contribution in [3.63, 3.8) is 0 Å². The molecule has 0 fully saturated rings. The highest BCUT2D eigenvalue weighted by atomic mass is 79.9. The largest absolute Gasteiger partial charge is 0.529 e. The van der Waals surface area contributed by atoms with Gasteiger partial charge in [0.2, 0.25) is 0 Å². The Kier molecular flexibility index (Phi) is 25.2. The van der Waals surface area contributed by atoms with E-state index in [2.05, 4.69) is 540 Å². The lowest BCUT2D eigenvalue weighted by molar-refractivity contribution is 0.563. The van der Waals surface area contributed by atoms with Crippen molar-refractivity contribution in [2.24, 2.45) is 0 Å². The van der Waals surface area contributed by atoms with Crippen LogP contribution in [-0.2, 0) is 0 Å². The van der Waals surface area contributed by atoms with Crippen molar-refractivity contribution >= 4 is 223 Å². The fourth-order valence-corrected chi connectivity index (χ4v) is 38.3. The van der Waals surface area contributed by atoms with Crippen molar-refractivity contribution in [2.75, 3.05) is 0 Å². The number of halogens is 8. The lowest BCUT2D eigenvalue weighted by atomic mass is 9.78. The second-order valence-electron chi connectivity index (χ2n) is 28.1. The number of hydrogen-bond acceptors (Lipinski definition) is 4. The van der Waals surface area contributed by atoms with Crippen LogP contribution in [0.2, 0.25) is 0 Å². The molecule has 0 saturated carbocycles. The minimum atomic E-state index is -3.36. The molecule has 0 radical (unpaired) electrons. The van der Waals surface area contributed by atoms with E-state index in [4.69, 9.17) is 17.7 Å². The molecule has 16 rings (SSSR count). The van der Waals surface area contributed by atoms with E-state index in [1.807, 2.05) is 0 Å². The predicted octanol–water partition coefficient (Wildman–Crippen LogP) is 21.3. The highest BCUT2D eigenvalue weighted by molar-refractivity contribution is 9.12. The topological polar surface area (TPSA) is 36.9 Å². The Labute approximate surface area is 744 Å². The smallest absolute Gasteiger partial charge is 0.347 e. The SMILES string of the molecule is Brc1cc(C(CC(c2cc(Br)c(O[Si](c3ccccc3)(c3ccccc3)c3ccccc3)c(Br)c2)c2cc(Br)c(O[Si](c3ccccc3)(c3ccccc3)c3ccccc3)c(Br)c2)c2cc(Br)c(O[Si](c3ccccc3)(c3ccccc3)c3ccccc3)c(Br)c2)cc(Br)c1O[Si](c1ccccc1)(c1ccccc1)c1ccccc1. The summed E-state index contributed by atoms with van der Waals surface area (Å²) in [6.45, 7) is 0. The third kappa shape index (κ3) is 16.3. The van der Waals surface area contributed by atoms with Gasteiger partial charge in [0, 0.05) is 11.8 Å². The Morgan fingerprint density at radius 3 is 0.374 bits per heavy atom. The zero-order valence-corrected chi connectivity index (χ0v) is 78.5. The second kappa shape index (κ2) is 36.1. The molecule has 16 aromatic carbocycles. The van der Waals surface area contributed by atoms with E-state index in [9.17, 15) is 0 Å². The molecule has 0 aromatic heterocycles. The highest BCUT2D eigenvalue weighted by Gasteiger charge is 2.49. The molecule has 0 bridgehead atoms. The maximum Gasteiger partial charge on any atom is 0.347 e. The summed E-state index contributed by atoms with van der Waals surface area (Å²) < 4.78 is 38.2. The van der Waals surface area contributed by atoms with Crippen LogP contribution < -0.4 is 79.9 Å². The van der Waals surface area contributed by atoms with Crippen molar-refractivity contribution in [3.05, 3.63) is 471 Å². The molecule has 0 unspecified atom stereocenters. The summed E-state index contributed by atoms with van der Waals surface area (Å²) in [7, 11) is -13.4. The first kappa shape index (κ1) is 80.2. The normalized spacial score (nSPS) is 11.8. The number of hydrogen-bond donors (Lipinski definition) is 0. The van der Waals surface area contributed by atoms with Crippen molar-refractivity contribution < 1.29 is 17.7 Å². The lowest BCUT2D eigenvalue weighted by Gasteiger charge is -2.35. The molecule has 0 saturated heterocycles. The van der Waals surface area contributed by atoms with E-state index in [1.54, 1.807) is 0 Å². The Morgan fingerprint density at radius 2 is 0.270 bits per heavy atom. The third-order valence-electron chi connectivity index (χ3n) is 21.3. The molecule has 115 heavy (non-hydrogen) atoms. The Balaban J connectivity index is 0.915. The number of benzene rings is 16. The summed E-state index contributed by atoms with van der Waals surface area (Å²) in [5, 5.41) is 13.3. The van der Waals surface area contributed by atoms with Crippen molar-refractivity contribution in [2.45, 2.75) is 18.3 Å². The summed E-state index contributed by atoms with van der Waals surface area (Å²) in [5.74, 6) is 1.99. The van der Waals surface area contributed by atoms with E-state index in [-0.39, 0.29) is 11.8 Å². The quantitative estimate of drug-likeness (QED) is 0.0400. The van der Waals surface area contributed by atoms with Gasteiger partial charge in [0.1, 0.15) is 23.0 Å². The van der Waals surface area contributed by atoms with Crippen LogP contribution in [0.4, 0.5) is 0 Å². The van der Waals surface area contributed by atoms with Crippen LogP contribution in [0.3, 0.4) is 0 Å². The molecule has 0 aliphatic carbocycles. The molecule has 4 nitrogen and oxygen atoms in total. The summed E-state index contributed by atoms with van der Waals surface area (Å²) in [4.78, 5) is 0. The zero-order chi connectivity index (χ0) is 78.9. The molecule has 16 heteroatoms. The van der Waals surface area contributed by atoms with Gasteiger partial charge < -0.3 is 17.7 Å². The van der Waals surface area contributed by atoms with Gasteiger partial charge in [-0.1, -0.05) is 364 Å². The van der Waals surface area contributed by atoms with E-state index in [0.717, 1.165) is 120 Å². The van der Waals surface area contributed by atoms with Crippen LogP contribution in [0.25, 0.3) is 0 Å². The van der Waals surface area contributed by atoms with Gasteiger partial charge in [-0.3, -0.25) is 0 Å². The van der Waals surface area contributed by atoms with Gasteiger partial charge >= 0.3 is 33.3 Å². The van der Waals surface area contributed by atoms with Crippen LogP contribution >= 0.6 is 127 Å². The van der Waals surface area contributed by atoms with Crippen LogP contribution in [-0.4, -0.2) is 33.3 Å². The molecular weight excluding hydrogens is 2000 g/mol. The van der Waals surface area contributed by atoms with Gasteiger partial charge in [0.05, 0.1) is 35.8 Å². The van der Waals surface area contributed by atoms with E-state index in [0.29, 0.717) is 29.4 Å². The molecule has 0 spiro atoms. The summed E-state index contributed by atoms with van der Waals surface area (Å²) >= 11 is 34.4. The molecule has 0 N–H and O–H groups in total. The molecule has 16 aromatic rings. The maximum absolute atomic E-state index is 7.98. The van der Waals surface area contributed by atoms with Gasteiger partial charge in [-0.2, -0.15) is 0 Å². The Hall–Kier alpha value is -8.57. The first-order chi connectivity index (χ1) is 56.3. The van der Waals surface area contributed by atoms with E-state index in [1.165, 1.54) is 0 Å². The third-order valence-corrected chi connectivity index (χ3v) is 41.9. The average molecular weight is 2080 g/mol. The van der Waals surface area contributed by atoms with E-state index < -0.39 is 33.3 Å². The molecule has 0 atom stereocenters. The van der Waals surface area contributed by atoms with Gasteiger partial charge in [-0.05, 0) is 267 Å². The monoisotopic (exact) mass is 2070 g/mol. The summed E-state index contributed by atoms with van der Waals surface area (Å²) in [5.41, 5.74) is 4.06. The van der Waals surface area contributed by atoms with Gasteiger partial charge in [0.25, 0.3) is 0 Å². The van der Waals surface area contributed by atoms with E-state index >= 15 is 0 Å². The molecular formula is C99H72Br8O4Si4. The Bertz CT molecular complexity index is 4780. The standard InChI is InChI=1S/C99H72Br8O4Si4/c100-88-61-70(62-89(101)96(88)108-112(74-37-13-1-14-38-74,75-39-15-2-16-40-75)76-41-17-3-18-42-76)86(71-63-90(102)97(91(103)64-71)109-113(77-43-19-4-20-44-77,78-45-21-5-22-46-78)79-47-23-6-24-48-79)69-87(72-65-92(104)98(93(105)66-72)110-114(80-49-25-7-26-50-80,81-51-27-8-28-52-81)82-53-29-9-30-54-82)73-67-94(106)99(95(107)68-73)111-115(83-55-31-10-32-56-83,84-57-33-11-34-58-84)85-59-35-12-36-60-85/h1-68,86-87H,69H2. The molecule has 0 amide bonds. The van der Waals surface area contributed by atoms with Gasteiger partial charge in [-0.25, -0.2) is 0 Å². The summed E-state index contributed by atoms with van der Waals surface area (Å²) in [6.07, 6.45) is 0.511. The maximum atomic E-state index is 7.98. The van der Waals surface area contributed by atoms with Crippen molar-refractivity contribution in [1.29, 1.82) is 0 Å². The molecule has 564 valence electrons. The van der Waals surface area contributed by atoms with Crippen LogP contribution in [0.5, 0.6) is 23.0 Å². The summed E-state index contributed by atoms with van der Waals surface area (Å²) in [6, 6.07) is 147. The predicted molar refractivity (Wildman–Crippen MR) is 514 cm³/mol. The fourth-order valence-electron chi connectivity index (χ4n) is 16.1. The minimum Gasteiger partial charge on any atom is -0.529 e. The van der Waals surface area contributed by atoms with Gasteiger partial charge in [-0.15, -0.1) is 0 Å². The second-order valence-corrected chi connectivity index (χ2v) is 48.1. The molecule has 0 aliphatic rings. The number of rotatable bonds is 26. The van der Waals surface area contributed by atoms with Crippen LogP contribution in [0, 0.1) is 0 Å². The average Bonchev–Trinajstić information content (AvgIpc) is 0.758. The fraction of sp³-hybridized carbons (Fsp3) is 0.0303. The highest BCUT2D eigenvalue weighted by Crippen LogP contribution is 2.50. The first-order valence-corrected chi connectivity index (χ1v) is 51.6. The van der Waals surface area contributed by atoms with Crippen molar-refractivity contribution in [1.82, 2.24) is 0 Å². The molecule has 0 aliphatic heterocycles.